The molecule has 9 nitrogen and oxygen atoms in total. The van der Waals surface area contributed by atoms with Gasteiger partial charge in [0.25, 0.3) is 5.91 Å². The molecular weight excluding hydrogens is 380 g/mol. The molecule has 1 N–H and O–H groups in total. The molecule has 1 amide bonds. The van der Waals surface area contributed by atoms with Crippen molar-refractivity contribution in [1.29, 1.82) is 0 Å². The van der Waals surface area contributed by atoms with Crippen molar-refractivity contribution < 1.29 is 28.7 Å². The first-order valence-corrected chi connectivity index (χ1v) is 7.91. The molecule has 27 heavy (non-hydrogen) atoms. The third-order valence-electron chi connectivity index (χ3n) is 3.35. The minimum absolute atomic E-state index is 0.0438. The maximum Gasteiger partial charge on any atom is 0.338 e. The van der Waals surface area contributed by atoms with Gasteiger partial charge in [-0.2, -0.15) is 0 Å². The molecule has 0 bridgehead atoms. The van der Waals surface area contributed by atoms with Gasteiger partial charge in [-0.25, -0.2) is 4.79 Å². The second-order valence-corrected chi connectivity index (χ2v) is 5.52. The summed E-state index contributed by atoms with van der Waals surface area (Å²) in [7, 11) is 2.76. The van der Waals surface area contributed by atoms with Crippen LogP contribution in [0.1, 0.15) is 10.4 Å². The highest BCUT2D eigenvalue weighted by Crippen LogP contribution is 2.37. The van der Waals surface area contributed by atoms with Crippen molar-refractivity contribution >= 4 is 29.2 Å². The quantitative estimate of drug-likeness (QED) is 0.435. The SMILES string of the molecule is CNC(=O)COC(=O)c1ccc(Oc2ccc(Cl)cc2[N+](=O)[O-])c(OC)c1. The van der Waals surface area contributed by atoms with Crippen LogP contribution in [0.5, 0.6) is 17.2 Å². The minimum Gasteiger partial charge on any atom is -0.493 e. The molecule has 0 heterocycles. The predicted molar refractivity (Wildman–Crippen MR) is 95.5 cm³/mol. The minimum atomic E-state index is -0.735. The van der Waals surface area contributed by atoms with Crippen LogP contribution in [0.25, 0.3) is 0 Å². The first kappa shape index (κ1) is 20.0. The predicted octanol–water partition coefficient (Wildman–Crippen LogP) is 2.95. The van der Waals surface area contributed by atoms with Crippen LogP contribution in [0.3, 0.4) is 0 Å². The highest BCUT2D eigenvalue weighted by atomic mass is 35.5. The summed E-state index contributed by atoms with van der Waals surface area (Å²) in [5.74, 6) is -0.941. The van der Waals surface area contributed by atoms with E-state index >= 15 is 0 Å². The molecule has 0 saturated carbocycles. The summed E-state index contributed by atoms with van der Waals surface area (Å²) in [4.78, 5) is 33.7. The Kier molecular flexibility index (Phi) is 6.56. The number of nitrogens with zero attached hydrogens (tertiary/aromatic N) is 1. The molecule has 2 aromatic carbocycles. The molecule has 0 atom stereocenters. The van der Waals surface area contributed by atoms with Gasteiger partial charge in [-0.1, -0.05) is 11.6 Å². The molecule has 0 spiro atoms. The Morgan fingerprint density at radius 1 is 1.15 bits per heavy atom. The lowest BCUT2D eigenvalue weighted by molar-refractivity contribution is -0.385. The molecule has 2 aromatic rings. The molecular formula is C17H15ClN2O7. The van der Waals surface area contributed by atoms with E-state index in [1.54, 1.807) is 0 Å². The number of carbonyl (C=O) groups is 2. The van der Waals surface area contributed by atoms with Crippen LogP contribution in [0, 0.1) is 10.1 Å². The lowest BCUT2D eigenvalue weighted by atomic mass is 10.2. The van der Waals surface area contributed by atoms with Crippen molar-refractivity contribution in [2.45, 2.75) is 0 Å². The monoisotopic (exact) mass is 394 g/mol. The van der Waals surface area contributed by atoms with Crippen LogP contribution < -0.4 is 14.8 Å². The van der Waals surface area contributed by atoms with Gasteiger partial charge in [0.1, 0.15) is 0 Å². The number of hydrogen-bond acceptors (Lipinski definition) is 7. The van der Waals surface area contributed by atoms with Gasteiger partial charge in [-0.15, -0.1) is 0 Å². The second-order valence-electron chi connectivity index (χ2n) is 5.09. The van der Waals surface area contributed by atoms with Crippen molar-refractivity contribution in [3.05, 3.63) is 57.1 Å². The fraction of sp³-hybridized carbons (Fsp3) is 0.176. The van der Waals surface area contributed by atoms with Gasteiger partial charge in [-0.05, 0) is 30.3 Å². The Hall–Kier alpha value is -3.33. The second kappa shape index (κ2) is 8.86. The van der Waals surface area contributed by atoms with Gasteiger partial charge < -0.3 is 19.5 Å². The molecule has 2 rings (SSSR count). The molecule has 0 aliphatic rings. The van der Waals surface area contributed by atoms with E-state index in [0.717, 1.165) is 6.07 Å². The Morgan fingerprint density at radius 2 is 1.85 bits per heavy atom. The summed E-state index contributed by atoms with van der Waals surface area (Å²) in [6.07, 6.45) is 0. The Bertz CT molecular complexity index is 886. The number of nitro groups is 1. The summed E-state index contributed by atoms with van der Waals surface area (Å²) in [5.41, 5.74) is -0.202. The van der Waals surface area contributed by atoms with E-state index in [4.69, 9.17) is 25.8 Å². The molecule has 0 fully saturated rings. The van der Waals surface area contributed by atoms with Crippen molar-refractivity contribution in [3.8, 4) is 17.2 Å². The largest absolute Gasteiger partial charge is 0.493 e. The van der Waals surface area contributed by atoms with Gasteiger partial charge in [0.05, 0.1) is 17.6 Å². The molecule has 0 saturated heterocycles. The third-order valence-corrected chi connectivity index (χ3v) is 3.59. The number of rotatable bonds is 7. The highest BCUT2D eigenvalue weighted by molar-refractivity contribution is 6.30. The number of amides is 1. The lowest BCUT2D eigenvalue weighted by Crippen LogP contribution is -2.25. The number of nitro benzene ring substituents is 1. The number of ether oxygens (including phenoxy) is 3. The number of carbonyl (C=O) groups excluding carboxylic acids is 2. The highest BCUT2D eigenvalue weighted by Gasteiger charge is 2.19. The van der Waals surface area contributed by atoms with Crippen LogP contribution in [-0.2, 0) is 9.53 Å². The smallest absolute Gasteiger partial charge is 0.338 e. The van der Waals surface area contributed by atoms with Crippen LogP contribution in [0.2, 0.25) is 5.02 Å². The maximum atomic E-state index is 12.0. The van der Waals surface area contributed by atoms with E-state index in [1.807, 2.05) is 0 Å². The topological polar surface area (TPSA) is 117 Å². The Morgan fingerprint density at radius 3 is 2.48 bits per heavy atom. The number of halogens is 1. The van der Waals surface area contributed by atoms with Gasteiger partial charge in [0.2, 0.25) is 5.75 Å². The Labute approximate surface area is 158 Å². The zero-order valence-corrected chi connectivity index (χ0v) is 15.1. The summed E-state index contributed by atoms with van der Waals surface area (Å²) >= 11 is 5.78. The number of nitrogens with one attached hydrogen (secondary N) is 1. The van der Waals surface area contributed by atoms with Gasteiger partial charge >= 0.3 is 11.7 Å². The van der Waals surface area contributed by atoms with E-state index in [9.17, 15) is 19.7 Å². The van der Waals surface area contributed by atoms with E-state index in [1.165, 1.54) is 44.5 Å². The summed E-state index contributed by atoms with van der Waals surface area (Å²) in [6.45, 7) is -0.424. The van der Waals surface area contributed by atoms with Crippen molar-refractivity contribution in [2.24, 2.45) is 0 Å². The summed E-state index contributed by atoms with van der Waals surface area (Å²) in [6, 6.07) is 8.07. The standard InChI is InChI=1S/C17H15ClN2O7/c1-19-16(21)9-26-17(22)10-3-5-14(15(7-10)25-2)27-13-6-4-11(18)8-12(13)20(23)24/h3-8H,9H2,1-2H3,(H,19,21). The fourth-order valence-corrected chi connectivity index (χ4v) is 2.17. The van der Waals surface area contributed by atoms with Crippen molar-refractivity contribution in [1.82, 2.24) is 5.32 Å². The van der Waals surface area contributed by atoms with Crippen LogP contribution >= 0.6 is 11.6 Å². The summed E-state index contributed by atoms with van der Waals surface area (Å²) in [5, 5.41) is 13.7. The molecule has 0 radical (unpaired) electrons. The molecule has 0 aliphatic heterocycles. The normalized spacial score (nSPS) is 10.0. The first-order valence-electron chi connectivity index (χ1n) is 7.53. The van der Waals surface area contributed by atoms with Crippen molar-refractivity contribution in [2.75, 3.05) is 20.8 Å². The van der Waals surface area contributed by atoms with Gasteiger partial charge in [-0.3, -0.25) is 14.9 Å². The molecule has 0 aromatic heterocycles. The van der Waals surface area contributed by atoms with Crippen LogP contribution in [0.4, 0.5) is 5.69 Å². The number of methoxy groups -OCH3 is 1. The molecule has 142 valence electrons. The van der Waals surface area contributed by atoms with E-state index in [0.29, 0.717) is 0 Å². The number of likely N-dealkylation sites (N-methyl/N-ethyl adjacent to an activating group) is 1. The molecule has 0 aliphatic carbocycles. The van der Waals surface area contributed by atoms with E-state index in [-0.39, 0.29) is 33.5 Å². The molecule has 0 unspecified atom stereocenters. The van der Waals surface area contributed by atoms with E-state index in [2.05, 4.69) is 5.32 Å². The van der Waals surface area contributed by atoms with Crippen LogP contribution in [-0.4, -0.2) is 37.6 Å². The zero-order valence-electron chi connectivity index (χ0n) is 14.4. The van der Waals surface area contributed by atoms with Crippen molar-refractivity contribution in [3.63, 3.8) is 0 Å². The maximum absolute atomic E-state index is 12.0. The molecule has 10 heteroatoms. The van der Waals surface area contributed by atoms with E-state index < -0.39 is 23.4 Å². The first-order chi connectivity index (χ1) is 12.8. The summed E-state index contributed by atoms with van der Waals surface area (Å²) < 4.78 is 15.6. The van der Waals surface area contributed by atoms with Crippen LogP contribution in [0.15, 0.2) is 36.4 Å². The van der Waals surface area contributed by atoms with Gasteiger partial charge in [0, 0.05) is 18.1 Å². The fourth-order valence-electron chi connectivity index (χ4n) is 2.00. The Balaban J connectivity index is 2.26. The number of esters is 1. The average molecular weight is 395 g/mol. The third kappa shape index (κ3) is 5.08. The lowest BCUT2D eigenvalue weighted by Gasteiger charge is -2.12. The number of benzene rings is 2. The average Bonchev–Trinajstić information content (AvgIpc) is 2.67. The zero-order chi connectivity index (χ0) is 20.0. The van der Waals surface area contributed by atoms with Gasteiger partial charge in [0.15, 0.2) is 18.1 Å². The number of hydrogen-bond donors (Lipinski definition) is 1.